The van der Waals surface area contributed by atoms with E-state index < -0.39 is 68.4 Å². The first-order valence-electron chi connectivity index (χ1n) is 13.0. The Morgan fingerprint density at radius 1 is 0.766 bits per heavy atom. The van der Waals surface area contributed by atoms with Gasteiger partial charge in [0.2, 0.25) is 11.8 Å². The van der Waals surface area contributed by atoms with Crippen LogP contribution in [0.15, 0.2) is 36.4 Å². The number of benzene rings is 2. The first-order valence-corrected chi connectivity index (χ1v) is 13.0. The standard InChI is InChI=1S/2C11H11F3N2O3.C4H11N5/c2*1-6(2)10(17)15-7-3-4-9(16(18)19)8(5-7)11(12,13)14;1-9(2)4(7)8-3(5)6/h2*3-6H,1-2H3,(H,15,17);1-2H3,(H5,5,6,7,8). The number of hydrogen-bond acceptors (Lipinski definition) is 8. The average molecular weight is 682 g/mol. The van der Waals surface area contributed by atoms with Gasteiger partial charge in [-0.1, -0.05) is 27.7 Å². The van der Waals surface area contributed by atoms with Gasteiger partial charge >= 0.3 is 12.4 Å². The highest BCUT2D eigenvalue weighted by molar-refractivity contribution is 5.94. The van der Waals surface area contributed by atoms with Gasteiger partial charge in [0.15, 0.2) is 11.9 Å². The minimum absolute atomic E-state index is 0.113. The first-order chi connectivity index (χ1) is 21.3. The van der Waals surface area contributed by atoms with E-state index in [2.05, 4.69) is 16.0 Å². The van der Waals surface area contributed by atoms with Crippen molar-refractivity contribution < 1.29 is 45.8 Å². The van der Waals surface area contributed by atoms with Crippen molar-refractivity contribution in [2.75, 3.05) is 24.7 Å². The van der Waals surface area contributed by atoms with Crippen LogP contribution in [0, 0.1) is 42.9 Å². The molecule has 0 aliphatic rings. The molecule has 0 bridgehead atoms. The molecule has 0 atom stereocenters. The smallest absolute Gasteiger partial charge is 0.370 e. The molecule has 0 saturated heterocycles. The number of halogens is 6. The molecule has 0 saturated carbocycles. The number of hydrogen-bond donors (Lipinski definition) is 6. The van der Waals surface area contributed by atoms with Gasteiger partial charge < -0.3 is 21.3 Å². The molecule has 0 fully saturated rings. The van der Waals surface area contributed by atoms with E-state index in [1.807, 2.05) is 0 Å². The molecule has 0 aliphatic heterocycles. The molecule has 2 aromatic rings. The van der Waals surface area contributed by atoms with Gasteiger partial charge in [-0.25, -0.2) is 0 Å². The van der Waals surface area contributed by atoms with Crippen LogP contribution in [0.5, 0.6) is 0 Å². The van der Waals surface area contributed by atoms with Gasteiger partial charge in [0.05, 0.1) is 9.85 Å². The molecule has 0 unspecified atom stereocenters. The van der Waals surface area contributed by atoms with Crippen LogP contribution in [0.3, 0.4) is 0 Å². The summed E-state index contributed by atoms with van der Waals surface area (Å²) in [6, 6.07) is 4.68. The summed E-state index contributed by atoms with van der Waals surface area (Å²) < 4.78 is 76.0. The van der Waals surface area contributed by atoms with E-state index in [-0.39, 0.29) is 23.3 Å². The minimum Gasteiger partial charge on any atom is -0.370 e. The molecule has 7 N–H and O–H groups in total. The van der Waals surface area contributed by atoms with Crippen molar-refractivity contribution in [2.24, 2.45) is 17.6 Å². The Labute approximate surface area is 263 Å². The van der Waals surface area contributed by atoms with Crippen molar-refractivity contribution >= 4 is 46.5 Å². The van der Waals surface area contributed by atoms with Crippen molar-refractivity contribution in [1.29, 1.82) is 10.8 Å². The first kappa shape index (κ1) is 41.5. The van der Waals surface area contributed by atoms with Crippen LogP contribution in [0.2, 0.25) is 0 Å². The minimum atomic E-state index is -4.86. The third kappa shape index (κ3) is 14.4. The molecule has 0 spiro atoms. The lowest BCUT2D eigenvalue weighted by atomic mass is 10.1. The summed E-state index contributed by atoms with van der Waals surface area (Å²) in [4.78, 5) is 43.1. The molecular weight excluding hydrogens is 648 g/mol. The summed E-state index contributed by atoms with van der Waals surface area (Å²) in [7, 11) is 3.39. The van der Waals surface area contributed by atoms with Gasteiger partial charge in [-0.3, -0.25) is 46.0 Å². The maximum Gasteiger partial charge on any atom is 0.423 e. The Hall–Kier alpha value is -5.50. The zero-order valence-corrected chi connectivity index (χ0v) is 25.8. The monoisotopic (exact) mass is 681 g/mol. The maximum absolute atomic E-state index is 12.7. The SMILES string of the molecule is CC(C)C(=O)Nc1ccc([N+](=O)[O-])c(C(F)(F)F)c1.CC(C)C(=O)Nc1ccc([N+](=O)[O-])c(C(F)(F)F)c1.CN(C)C(=N)NC(=N)N. The van der Waals surface area contributed by atoms with Crippen molar-refractivity contribution in [2.45, 2.75) is 40.0 Å². The molecular formula is C26H33F6N9O6. The predicted octanol–water partition coefficient (Wildman–Crippen LogP) is 5.38. The van der Waals surface area contributed by atoms with Crippen molar-refractivity contribution in [3.63, 3.8) is 0 Å². The third-order valence-corrected chi connectivity index (χ3v) is 5.28. The largest absolute Gasteiger partial charge is 0.423 e. The number of carbonyl (C=O) groups is 2. The lowest BCUT2D eigenvalue weighted by Gasteiger charge is -2.13. The van der Waals surface area contributed by atoms with Crippen LogP contribution in [0.25, 0.3) is 0 Å². The molecule has 15 nitrogen and oxygen atoms in total. The van der Waals surface area contributed by atoms with Crippen molar-refractivity contribution in [3.05, 3.63) is 67.8 Å². The molecule has 0 radical (unpaired) electrons. The second-order valence-electron chi connectivity index (χ2n) is 10.0. The highest BCUT2D eigenvalue weighted by Gasteiger charge is 2.39. The number of anilines is 2. The third-order valence-electron chi connectivity index (χ3n) is 5.28. The van der Waals surface area contributed by atoms with Gasteiger partial charge in [0, 0.05) is 49.4 Å². The van der Waals surface area contributed by atoms with Gasteiger partial charge in [-0.05, 0) is 24.3 Å². The number of carbonyl (C=O) groups excluding carboxylic acids is 2. The molecule has 0 heterocycles. The molecule has 2 amide bonds. The normalized spacial score (nSPS) is 10.9. The summed E-state index contributed by atoms with van der Waals surface area (Å²) >= 11 is 0. The zero-order chi connectivity index (χ0) is 37.0. The summed E-state index contributed by atoms with van der Waals surface area (Å²) in [6.07, 6.45) is -9.72. The molecule has 0 aliphatic carbocycles. The number of guanidine groups is 2. The zero-order valence-electron chi connectivity index (χ0n) is 25.8. The van der Waals surface area contributed by atoms with Crippen LogP contribution in [0.1, 0.15) is 38.8 Å². The molecule has 2 rings (SSSR count). The van der Waals surface area contributed by atoms with E-state index in [0.29, 0.717) is 12.1 Å². The van der Waals surface area contributed by atoms with E-state index in [4.69, 9.17) is 16.6 Å². The number of nitrogens with zero attached hydrogens (tertiary/aromatic N) is 3. The fourth-order valence-corrected chi connectivity index (χ4v) is 2.81. The predicted molar refractivity (Wildman–Crippen MR) is 160 cm³/mol. The fourth-order valence-electron chi connectivity index (χ4n) is 2.81. The number of nitrogens with one attached hydrogen (secondary N) is 5. The Bertz CT molecular complexity index is 1380. The topological polar surface area (TPSA) is 233 Å². The summed E-state index contributed by atoms with van der Waals surface area (Å²) in [6.45, 7) is 6.30. The van der Waals surface area contributed by atoms with E-state index in [1.165, 1.54) is 4.90 Å². The number of nitrogens with two attached hydrogens (primary N) is 1. The second kappa shape index (κ2) is 17.3. The van der Waals surface area contributed by atoms with E-state index in [1.54, 1.807) is 41.8 Å². The highest BCUT2D eigenvalue weighted by Crippen LogP contribution is 2.38. The Morgan fingerprint density at radius 3 is 1.28 bits per heavy atom. The Morgan fingerprint density at radius 2 is 1.09 bits per heavy atom. The Balaban J connectivity index is 0.000000721. The maximum atomic E-state index is 12.7. The van der Waals surface area contributed by atoms with Crippen molar-refractivity contribution in [3.8, 4) is 0 Å². The van der Waals surface area contributed by atoms with Crippen LogP contribution in [-0.4, -0.2) is 52.6 Å². The average Bonchev–Trinajstić information content (AvgIpc) is 2.92. The second-order valence-corrected chi connectivity index (χ2v) is 10.0. The number of nitro groups is 2. The fraction of sp³-hybridized carbons (Fsp3) is 0.385. The molecule has 47 heavy (non-hydrogen) atoms. The van der Waals surface area contributed by atoms with Crippen LogP contribution >= 0.6 is 0 Å². The number of alkyl halides is 6. The van der Waals surface area contributed by atoms with Gasteiger partial charge in [0.1, 0.15) is 11.1 Å². The van der Waals surface area contributed by atoms with E-state index in [0.717, 1.165) is 24.3 Å². The van der Waals surface area contributed by atoms with E-state index in [9.17, 15) is 56.2 Å². The highest BCUT2D eigenvalue weighted by atomic mass is 19.4. The summed E-state index contributed by atoms with van der Waals surface area (Å²) in [5, 5.41) is 41.7. The summed E-state index contributed by atoms with van der Waals surface area (Å²) in [5.74, 6) is -1.87. The van der Waals surface area contributed by atoms with Gasteiger partial charge in [0.25, 0.3) is 11.4 Å². The number of amides is 2. The van der Waals surface area contributed by atoms with Gasteiger partial charge in [-0.15, -0.1) is 0 Å². The van der Waals surface area contributed by atoms with Gasteiger partial charge in [-0.2, -0.15) is 26.3 Å². The molecule has 21 heteroatoms. The molecule has 0 aromatic heterocycles. The lowest BCUT2D eigenvalue weighted by molar-refractivity contribution is -0.388. The summed E-state index contributed by atoms with van der Waals surface area (Å²) in [5.41, 5.74) is -0.192. The van der Waals surface area contributed by atoms with Crippen LogP contribution < -0.4 is 21.7 Å². The van der Waals surface area contributed by atoms with Crippen LogP contribution in [-0.2, 0) is 21.9 Å². The van der Waals surface area contributed by atoms with Crippen LogP contribution in [0.4, 0.5) is 49.1 Å². The molecule has 2 aromatic carbocycles. The number of rotatable bonds is 6. The Kier molecular flexibility index (Phi) is 15.2. The lowest BCUT2D eigenvalue weighted by Crippen LogP contribution is -2.42. The van der Waals surface area contributed by atoms with Crippen molar-refractivity contribution in [1.82, 2.24) is 10.2 Å². The number of nitro benzene ring substituents is 2. The van der Waals surface area contributed by atoms with E-state index >= 15 is 0 Å². The molecule has 260 valence electrons. The quantitative estimate of drug-likeness (QED) is 0.0754.